The second-order valence-electron chi connectivity index (χ2n) is 4.15. The van der Waals surface area contributed by atoms with E-state index in [9.17, 15) is 4.79 Å². The molecule has 94 valence electrons. The number of unbranched alkanes of at least 4 members (excludes halogenated alkanes) is 4. The summed E-state index contributed by atoms with van der Waals surface area (Å²) in [4.78, 5) is 15.5. The Morgan fingerprint density at radius 1 is 1.24 bits per heavy atom. The Morgan fingerprint density at radius 2 is 2.06 bits per heavy atom. The molecule has 1 rings (SSSR count). The quantitative estimate of drug-likeness (QED) is 0.511. The zero-order valence-electron chi connectivity index (χ0n) is 10.5. The Bertz CT molecular complexity index is 311. The number of pyridine rings is 1. The van der Waals surface area contributed by atoms with Gasteiger partial charge in [0, 0.05) is 12.6 Å². The number of ether oxygens (including phenoxy) is 1. The van der Waals surface area contributed by atoms with Crippen molar-refractivity contribution in [3.63, 3.8) is 0 Å². The summed E-state index contributed by atoms with van der Waals surface area (Å²) < 4.78 is 5.13. The van der Waals surface area contributed by atoms with Crippen molar-refractivity contribution in [1.29, 1.82) is 0 Å². The summed E-state index contributed by atoms with van der Waals surface area (Å²) in [5.41, 5.74) is 0.798. The van der Waals surface area contributed by atoms with Crippen LogP contribution in [0.1, 0.15) is 51.1 Å². The fourth-order valence-electron chi connectivity index (χ4n) is 1.58. The van der Waals surface area contributed by atoms with Crippen molar-refractivity contribution in [1.82, 2.24) is 4.98 Å². The van der Waals surface area contributed by atoms with Crippen LogP contribution in [0, 0.1) is 0 Å². The standard InChI is InChI=1S/C14H21NO2/c1-2-3-4-5-6-10-14(16)17-12-13-9-7-8-11-15-13/h7-9,11H,2-6,10,12H2,1H3. The third-order valence-electron chi connectivity index (χ3n) is 2.59. The fraction of sp³-hybridized carbons (Fsp3) is 0.571. The minimum absolute atomic E-state index is 0.118. The summed E-state index contributed by atoms with van der Waals surface area (Å²) in [5, 5.41) is 0. The molecule has 3 nitrogen and oxygen atoms in total. The molecule has 0 aliphatic carbocycles. The van der Waals surface area contributed by atoms with Crippen LogP contribution in [0.4, 0.5) is 0 Å². The van der Waals surface area contributed by atoms with Crippen LogP contribution >= 0.6 is 0 Å². The molecule has 1 aromatic heterocycles. The Morgan fingerprint density at radius 3 is 2.76 bits per heavy atom. The second kappa shape index (κ2) is 8.74. The van der Waals surface area contributed by atoms with Crippen LogP contribution in [0.15, 0.2) is 24.4 Å². The van der Waals surface area contributed by atoms with Gasteiger partial charge in [-0.1, -0.05) is 38.7 Å². The molecule has 1 aromatic rings. The van der Waals surface area contributed by atoms with E-state index < -0.39 is 0 Å². The first-order valence-electron chi connectivity index (χ1n) is 6.38. The summed E-state index contributed by atoms with van der Waals surface area (Å²) in [6.07, 6.45) is 7.97. The van der Waals surface area contributed by atoms with Gasteiger partial charge in [-0.3, -0.25) is 9.78 Å². The van der Waals surface area contributed by atoms with Gasteiger partial charge >= 0.3 is 5.97 Å². The molecule has 0 unspecified atom stereocenters. The number of aromatic nitrogens is 1. The van der Waals surface area contributed by atoms with E-state index in [0.29, 0.717) is 6.42 Å². The van der Waals surface area contributed by atoms with Crippen molar-refractivity contribution in [3.05, 3.63) is 30.1 Å². The van der Waals surface area contributed by atoms with Crippen molar-refractivity contribution in [2.24, 2.45) is 0 Å². The van der Waals surface area contributed by atoms with Crippen LogP contribution < -0.4 is 0 Å². The highest BCUT2D eigenvalue weighted by Gasteiger charge is 2.03. The van der Waals surface area contributed by atoms with Crippen LogP contribution in [-0.2, 0) is 16.1 Å². The molecule has 0 bridgehead atoms. The lowest BCUT2D eigenvalue weighted by Crippen LogP contribution is -2.05. The van der Waals surface area contributed by atoms with E-state index in [1.54, 1.807) is 6.20 Å². The van der Waals surface area contributed by atoms with Crippen LogP contribution in [0.25, 0.3) is 0 Å². The molecule has 0 spiro atoms. The van der Waals surface area contributed by atoms with Gasteiger partial charge in [0.15, 0.2) is 0 Å². The molecular formula is C14H21NO2. The molecule has 0 amide bonds. The highest BCUT2D eigenvalue weighted by molar-refractivity contribution is 5.69. The van der Waals surface area contributed by atoms with Gasteiger partial charge < -0.3 is 4.74 Å². The van der Waals surface area contributed by atoms with Crippen LogP contribution in [-0.4, -0.2) is 11.0 Å². The zero-order chi connectivity index (χ0) is 12.3. The van der Waals surface area contributed by atoms with Gasteiger partial charge in [-0.05, 0) is 18.6 Å². The molecule has 0 saturated heterocycles. The molecule has 0 aliphatic rings. The third kappa shape index (κ3) is 6.72. The minimum atomic E-state index is -0.118. The van der Waals surface area contributed by atoms with Crippen LogP contribution in [0.5, 0.6) is 0 Å². The normalized spacial score (nSPS) is 10.2. The summed E-state index contributed by atoms with van der Waals surface area (Å²) in [6, 6.07) is 5.59. The molecule has 0 aliphatic heterocycles. The summed E-state index contributed by atoms with van der Waals surface area (Å²) in [7, 11) is 0. The van der Waals surface area contributed by atoms with Crippen molar-refractivity contribution in [2.75, 3.05) is 0 Å². The van der Waals surface area contributed by atoms with E-state index in [4.69, 9.17) is 4.74 Å². The molecule has 17 heavy (non-hydrogen) atoms. The lowest BCUT2D eigenvalue weighted by Gasteiger charge is -2.04. The number of carbonyl (C=O) groups is 1. The SMILES string of the molecule is CCCCCCCC(=O)OCc1ccccn1. The largest absolute Gasteiger partial charge is 0.459 e. The maximum atomic E-state index is 11.4. The molecule has 0 aromatic carbocycles. The Hall–Kier alpha value is -1.38. The number of hydrogen-bond acceptors (Lipinski definition) is 3. The van der Waals surface area contributed by atoms with Gasteiger partial charge in [0.25, 0.3) is 0 Å². The molecule has 0 N–H and O–H groups in total. The number of carbonyl (C=O) groups excluding carboxylic acids is 1. The van der Waals surface area contributed by atoms with E-state index in [1.807, 2.05) is 18.2 Å². The van der Waals surface area contributed by atoms with Crippen molar-refractivity contribution < 1.29 is 9.53 Å². The van der Waals surface area contributed by atoms with E-state index in [2.05, 4.69) is 11.9 Å². The van der Waals surface area contributed by atoms with Gasteiger partial charge in [0.1, 0.15) is 6.61 Å². The Labute approximate surface area is 103 Å². The van der Waals surface area contributed by atoms with E-state index in [0.717, 1.165) is 18.5 Å². The molecule has 0 saturated carbocycles. The topological polar surface area (TPSA) is 39.2 Å². The average Bonchev–Trinajstić information content (AvgIpc) is 2.37. The van der Waals surface area contributed by atoms with Crippen molar-refractivity contribution in [3.8, 4) is 0 Å². The zero-order valence-corrected chi connectivity index (χ0v) is 10.5. The van der Waals surface area contributed by atoms with Gasteiger partial charge in [0.2, 0.25) is 0 Å². The Balaban J connectivity index is 2.05. The van der Waals surface area contributed by atoms with E-state index >= 15 is 0 Å². The van der Waals surface area contributed by atoms with E-state index in [-0.39, 0.29) is 12.6 Å². The molecular weight excluding hydrogens is 214 g/mol. The Kier molecular flexibility index (Phi) is 7.03. The smallest absolute Gasteiger partial charge is 0.306 e. The highest BCUT2D eigenvalue weighted by atomic mass is 16.5. The predicted octanol–water partition coefficient (Wildman–Crippen LogP) is 3.49. The lowest BCUT2D eigenvalue weighted by molar-refractivity contribution is -0.145. The maximum Gasteiger partial charge on any atom is 0.306 e. The van der Waals surface area contributed by atoms with Crippen LogP contribution in [0.2, 0.25) is 0 Å². The number of nitrogens with zero attached hydrogens (tertiary/aromatic N) is 1. The molecule has 0 radical (unpaired) electrons. The second-order valence-corrected chi connectivity index (χ2v) is 4.15. The molecule has 0 fully saturated rings. The van der Waals surface area contributed by atoms with Gasteiger partial charge in [-0.25, -0.2) is 0 Å². The van der Waals surface area contributed by atoms with Crippen LogP contribution in [0.3, 0.4) is 0 Å². The molecule has 0 atom stereocenters. The number of rotatable bonds is 8. The maximum absolute atomic E-state index is 11.4. The predicted molar refractivity (Wildman–Crippen MR) is 67.4 cm³/mol. The monoisotopic (exact) mass is 235 g/mol. The number of esters is 1. The van der Waals surface area contributed by atoms with Gasteiger partial charge in [0.05, 0.1) is 5.69 Å². The van der Waals surface area contributed by atoms with Crippen molar-refractivity contribution in [2.45, 2.75) is 52.1 Å². The fourth-order valence-corrected chi connectivity index (χ4v) is 1.58. The lowest BCUT2D eigenvalue weighted by atomic mass is 10.1. The van der Waals surface area contributed by atoms with E-state index in [1.165, 1.54) is 19.3 Å². The first kappa shape index (κ1) is 13.7. The number of hydrogen-bond donors (Lipinski definition) is 0. The molecule has 1 heterocycles. The molecule has 3 heteroatoms. The average molecular weight is 235 g/mol. The summed E-state index contributed by atoms with van der Waals surface area (Å²) in [6.45, 7) is 2.47. The first-order chi connectivity index (χ1) is 8.33. The van der Waals surface area contributed by atoms with Gasteiger partial charge in [-0.2, -0.15) is 0 Å². The summed E-state index contributed by atoms with van der Waals surface area (Å²) in [5.74, 6) is -0.118. The first-order valence-corrected chi connectivity index (χ1v) is 6.38. The summed E-state index contributed by atoms with van der Waals surface area (Å²) >= 11 is 0. The highest BCUT2D eigenvalue weighted by Crippen LogP contribution is 2.06. The third-order valence-corrected chi connectivity index (χ3v) is 2.59. The van der Waals surface area contributed by atoms with Gasteiger partial charge in [-0.15, -0.1) is 0 Å². The van der Waals surface area contributed by atoms with Crippen molar-refractivity contribution >= 4 is 5.97 Å². The minimum Gasteiger partial charge on any atom is -0.459 e.